The zero-order valence-electron chi connectivity index (χ0n) is 12.1. The summed E-state index contributed by atoms with van der Waals surface area (Å²) in [7, 11) is 1.61. The van der Waals surface area contributed by atoms with Crippen LogP contribution in [0.1, 0.15) is 11.1 Å². The second-order valence-corrected chi connectivity index (χ2v) is 4.85. The van der Waals surface area contributed by atoms with Crippen LogP contribution in [-0.2, 0) is 6.54 Å². The number of fused-ring (bicyclic) bond motifs is 1. The van der Waals surface area contributed by atoms with Crippen LogP contribution in [0.15, 0.2) is 48.8 Å². The minimum Gasteiger partial charge on any atom is -0.481 e. The fraction of sp³-hybridized carbons (Fsp3) is 0.176. The molecule has 2 aromatic carbocycles. The zero-order chi connectivity index (χ0) is 14.7. The van der Waals surface area contributed by atoms with Crippen molar-refractivity contribution in [2.75, 3.05) is 12.4 Å². The molecular formula is C17H17N3O. The molecule has 4 nitrogen and oxygen atoms in total. The van der Waals surface area contributed by atoms with Crippen LogP contribution < -0.4 is 10.1 Å². The first-order valence-corrected chi connectivity index (χ1v) is 6.85. The van der Waals surface area contributed by atoms with Crippen LogP contribution in [0.3, 0.4) is 0 Å². The first-order valence-electron chi connectivity index (χ1n) is 6.85. The summed E-state index contributed by atoms with van der Waals surface area (Å²) >= 11 is 0. The van der Waals surface area contributed by atoms with E-state index in [2.05, 4.69) is 57.7 Å². The van der Waals surface area contributed by atoms with Gasteiger partial charge < -0.3 is 10.1 Å². The van der Waals surface area contributed by atoms with E-state index in [9.17, 15) is 0 Å². The lowest BCUT2D eigenvalue weighted by Gasteiger charge is -2.12. The number of methoxy groups -OCH3 is 1. The fourth-order valence-electron chi connectivity index (χ4n) is 2.44. The summed E-state index contributed by atoms with van der Waals surface area (Å²) in [5.74, 6) is 1.40. The van der Waals surface area contributed by atoms with E-state index < -0.39 is 0 Å². The van der Waals surface area contributed by atoms with Gasteiger partial charge in [-0.3, -0.25) is 0 Å². The van der Waals surface area contributed by atoms with Crippen molar-refractivity contribution < 1.29 is 4.74 Å². The third-order valence-electron chi connectivity index (χ3n) is 3.56. The molecule has 21 heavy (non-hydrogen) atoms. The monoisotopic (exact) mass is 279 g/mol. The van der Waals surface area contributed by atoms with Crippen molar-refractivity contribution >= 4 is 16.6 Å². The summed E-state index contributed by atoms with van der Waals surface area (Å²) < 4.78 is 5.22. The molecule has 0 aliphatic rings. The molecule has 1 N–H and O–H groups in total. The van der Waals surface area contributed by atoms with Gasteiger partial charge in [0.25, 0.3) is 0 Å². The Bertz CT molecular complexity index is 766. The molecule has 0 bridgehead atoms. The molecule has 1 heterocycles. The van der Waals surface area contributed by atoms with E-state index in [0.29, 0.717) is 12.4 Å². The van der Waals surface area contributed by atoms with Crippen molar-refractivity contribution in [3.8, 4) is 5.88 Å². The molecule has 0 spiro atoms. The van der Waals surface area contributed by atoms with Crippen molar-refractivity contribution in [2.24, 2.45) is 0 Å². The zero-order valence-corrected chi connectivity index (χ0v) is 12.1. The fourth-order valence-corrected chi connectivity index (χ4v) is 2.44. The topological polar surface area (TPSA) is 47.0 Å². The summed E-state index contributed by atoms with van der Waals surface area (Å²) in [6.07, 6.45) is 1.51. The molecule has 3 rings (SSSR count). The van der Waals surface area contributed by atoms with Gasteiger partial charge in [-0.15, -0.1) is 0 Å². The van der Waals surface area contributed by atoms with Gasteiger partial charge in [0, 0.05) is 6.54 Å². The highest BCUT2D eigenvalue weighted by molar-refractivity contribution is 5.85. The quantitative estimate of drug-likeness (QED) is 0.793. The van der Waals surface area contributed by atoms with Crippen LogP contribution in [-0.4, -0.2) is 17.1 Å². The Hall–Kier alpha value is -2.62. The van der Waals surface area contributed by atoms with Crippen LogP contribution >= 0.6 is 0 Å². The maximum Gasteiger partial charge on any atom is 0.221 e. The number of hydrogen-bond donors (Lipinski definition) is 1. The van der Waals surface area contributed by atoms with E-state index >= 15 is 0 Å². The Labute approximate surface area is 123 Å². The minimum absolute atomic E-state index is 0.602. The maximum absolute atomic E-state index is 5.22. The molecular weight excluding hydrogens is 262 g/mol. The molecule has 0 atom stereocenters. The molecule has 3 aromatic rings. The van der Waals surface area contributed by atoms with Gasteiger partial charge in [-0.25, -0.2) is 9.97 Å². The molecule has 1 aromatic heterocycles. The van der Waals surface area contributed by atoms with Crippen LogP contribution in [0.4, 0.5) is 5.82 Å². The first-order chi connectivity index (χ1) is 10.3. The third kappa shape index (κ3) is 2.65. The highest BCUT2D eigenvalue weighted by Gasteiger charge is 2.07. The number of anilines is 1. The van der Waals surface area contributed by atoms with Gasteiger partial charge in [-0.1, -0.05) is 42.5 Å². The van der Waals surface area contributed by atoms with Crippen LogP contribution in [0.2, 0.25) is 0 Å². The Balaban J connectivity index is 1.87. The lowest BCUT2D eigenvalue weighted by molar-refractivity contribution is 0.393. The SMILES string of the molecule is COc1ncnc(NCc2cccc3ccccc23)c1C. The van der Waals surface area contributed by atoms with Crippen LogP contribution in [0.5, 0.6) is 5.88 Å². The number of rotatable bonds is 4. The van der Waals surface area contributed by atoms with Gasteiger partial charge in [0.2, 0.25) is 5.88 Å². The summed E-state index contributed by atoms with van der Waals surface area (Å²) in [4.78, 5) is 8.37. The smallest absolute Gasteiger partial charge is 0.221 e. The highest BCUT2D eigenvalue weighted by Crippen LogP contribution is 2.22. The van der Waals surface area contributed by atoms with Crippen molar-refractivity contribution in [1.29, 1.82) is 0 Å². The maximum atomic E-state index is 5.22. The van der Waals surface area contributed by atoms with Crippen molar-refractivity contribution in [2.45, 2.75) is 13.5 Å². The van der Waals surface area contributed by atoms with E-state index in [1.807, 2.05) is 6.92 Å². The second kappa shape index (κ2) is 5.79. The van der Waals surface area contributed by atoms with E-state index in [1.165, 1.54) is 22.7 Å². The lowest BCUT2D eigenvalue weighted by Crippen LogP contribution is -2.05. The Morgan fingerprint density at radius 2 is 1.86 bits per heavy atom. The summed E-state index contributed by atoms with van der Waals surface area (Å²) in [5.41, 5.74) is 2.16. The third-order valence-corrected chi connectivity index (χ3v) is 3.56. The molecule has 0 aliphatic carbocycles. The Morgan fingerprint density at radius 1 is 1.05 bits per heavy atom. The molecule has 106 valence electrons. The van der Waals surface area contributed by atoms with Crippen molar-refractivity contribution in [3.63, 3.8) is 0 Å². The molecule has 0 saturated carbocycles. The number of ether oxygens (including phenoxy) is 1. The predicted octanol–water partition coefficient (Wildman–Crippen LogP) is 3.56. The van der Waals surface area contributed by atoms with E-state index in [-0.39, 0.29) is 0 Å². The van der Waals surface area contributed by atoms with Crippen molar-refractivity contribution in [1.82, 2.24) is 9.97 Å². The summed E-state index contributed by atoms with van der Waals surface area (Å²) in [5, 5.41) is 5.86. The number of hydrogen-bond acceptors (Lipinski definition) is 4. The van der Waals surface area contributed by atoms with Crippen molar-refractivity contribution in [3.05, 3.63) is 59.9 Å². The van der Waals surface area contributed by atoms with Gasteiger partial charge in [-0.2, -0.15) is 0 Å². The normalized spacial score (nSPS) is 10.6. The Kier molecular flexibility index (Phi) is 3.69. The van der Waals surface area contributed by atoms with E-state index in [4.69, 9.17) is 4.74 Å². The molecule has 0 fully saturated rings. The Morgan fingerprint density at radius 3 is 2.71 bits per heavy atom. The molecule has 0 saturated heterocycles. The van der Waals surface area contributed by atoms with Gasteiger partial charge in [0.05, 0.1) is 12.7 Å². The number of aromatic nitrogens is 2. The standard InChI is InChI=1S/C17H17N3O/c1-12-16(19-11-20-17(12)21-2)18-10-14-8-5-7-13-6-3-4-9-15(13)14/h3-9,11H,10H2,1-2H3,(H,18,19,20). The molecule has 4 heteroatoms. The largest absolute Gasteiger partial charge is 0.481 e. The molecule has 0 radical (unpaired) electrons. The van der Waals surface area contributed by atoms with Gasteiger partial charge in [-0.05, 0) is 23.3 Å². The average molecular weight is 279 g/mol. The van der Waals surface area contributed by atoms with Crippen LogP contribution in [0, 0.1) is 6.92 Å². The highest BCUT2D eigenvalue weighted by atomic mass is 16.5. The first kappa shape index (κ1) is 13.4. The molecule has 0 unspecified atom stereocenters. The average Bonchev–Trinajstić information content (AvgIpc) is 2.54. The lowest BCUT2D eigenvalue weighted by atomic mass is 10.0. The van der Waals surface area contributed by atoms with E-state index in [1.54, 1.807) is 7.11 Å². The second-order valence-electron chi connectivity index (χ2n) is 4.85. The van der Waals surface area contributed by atoms with Gasteiger partial charge in [0.15, 0.2) is 0 Å². The predicted molar refractivity (Wildman–Crippen MR) is 84.6 cm³/mol. The summed E-state index contributed by atoms with van der Waals surface area (Å²) in [6, 6.07) is 14.7. The number of benzene rings is 2. The minimum atomic E-state index is 0.602. The van der Waals surface area contributed by atoms with Gasteiger partial charge in [0.1, 0.15) is 12.1 Å². The van der Waals surface area contributed by atoms with E-state index in [0.717, 1.165) is 11.4 Å². The number of nitrogens with one attached hydrogen (secondary N) is 1. The molecule has 0 amide bonds. The van der Waals surface area contributed by atoms with Crippen LogP contribution in [0.25, 0.3) is 10.8 Å². The molecule has 0 aliphatic heterocycles. The number of nitrogens with zero attached hydrogens (tertiary/aromatic N) is 2. The summed E-state index contributed by atoms with van der Waals surface area (Å²) in [6.45, 7) is 2.66. The van der Waals surface area contributed by atoms with Gasteiger partial charge >= 0.3 is 0 Å².